The van der Waals surface area contributed by atoms with Crippen LogP contribution in [-0.4, -0.2) is 11.1 Å². The molecule has 0 spiro atoms. The molecule has 2 nitrogen and oxygen atoms in total. The summed E-state index contributed by atoms with van der Waals surface area (Å²) in [5, 5.41) is 8.32. The smallest absolute Gasteiger partial charge is 0.328 e. The second kappa shape index (κ2) is 5.40. The molecule has 0 saturated heterocycles. The van der Waals surface area contributed by atoms with Gasteiger partial charge in [0.25, 0.3) is 0 Å². The molecule has 0 heterocycles. The third kappa shape index (κ3) is 4.05. The van der Waals surface area contributed by atoms with Crippen molar-refractivity contribution in [3.8, 4) is 0 Å². The Labute approximate surface area is 90.7 Å². The number of hydrogen-bond donors (Lipinski definition) is 1. The van der Waals surface area contributed by atoms with Crippen LogP contribution in [0.5, 0.6) is 0 Å². The zero-order valence-electron chi connectivity index (χ0n) is 7.35. The van der Waals surface area contributed by atoms with Crippen molar-refractivity contribution in [3.63, 3.8) is 0 Å². The van der Waals surface area contributed by atoms with Gasteiger partial charge in [-0.25, -0.2) is 4.79 Å². The third-order valence-corrected chi connectivity index (χ3v) is 2.04. The predicted octanol–water partition coefficient (Wildman–Crippen LogP) is 3.10. The van der Waals surface area contributed by atoms with Crippen LogP contribution < -0.4 is 0 Å². The average Bonchev–Trinajstić information content (AvgIpc) is 2.15. The average molecular weight is 253 g/mol. The Morgan fingerprint density at radius 3 is 2.43 bits per heavy atom. The number of halogens is 1. The fourth-order valence-corrected chi connectivity index (χ4v) is 1.14. The summed E-state index contributed by atoms with van der Waals surface area (Å²) in [5.74, 6) is -0.939. The molecule has 0 amide bonds. The van der Waals surface area contributed by atoms with E-state index >= 15 is 0 Å². The highest BCUT2D eigenvalue weighted by Gasteiger charge is 1.86. The van der Waals surface area contributed by atoms with Gasteiger partial charge in [0, 0.05) is 10.5 Å². The molecule has 1 rings (SSSR count). The molecule has 0 bridgehead atoms. The van der Waals surface area contributed by atoms with E-state index in [4.69, 9.17) is 5.11 Å². The number of carboxylic acid groups (broad SMARTS) is 1. The molecule has 0 atom stereocenters. The highest BCUT2D eigenvalue weighted by Crippen LogP contribution is 2.11. The summed E-state index contributed by atoms with van der Waals surface area (Å²) in [6, 6.07) is 7.74. The van der Waals surface area contributed by atoms with Gasteiger partial charge in [0.05, 0.1) is 0 Å². The molecule has 72 valence electrons. The maximum atomic E-state index is 10.1. The standard InChI is InChI=1S/C11H9BrO2/c12-10-7-5-9(6-8-10)3-1-2-4-11(13)14/h1-8H,(H,13,14)/b3-1+,4-2+. The van der Waals surface area contributed by atoms with Gasteiger partial charge in [-0.05, 0) is 17.7 Å². The monoisotopic (exact) mass is 252 g/mol. The van der Waals surface area contributed by atoms with E-state index in [-0.39, 0.29) is 0 Å². The summed E-state index contributed by atoms with van der Waals surface area (Å²) < 4.78 is 1.02. The molecule has 0 aliphatic heterocycles. The van der Waals surface area contributed by atoms with Gasteiger partial charge >= 0.3 is 5.97 Å². The minimum atomic E-state index is -0.939. The highest BCUT2D eigenvalue weighted by atomic mass is 79.9. The fourth-order valence-electron chi connectivity index (χ4n) is 0.878. The van der Waals surface area contributed by atoms with Gasteiger partial charge in [-0.1, -0.05) is 46.3 Å². The zero-order valence-corrected chi connectivity index (χ0v) is 8.94. The van der Waals surface area contributed by atoms with Crippen molar-refractivity contribution in [2.24, 2.45) is 0 Å². The number of rotatable bonds is 3. The lowest BCUT2D eigenvalue weighted by Gasteiger charge is -1.91. The van der Waals surface area contributed by atoms with Gasteiger partial charge in [0.2, 0.25) is 0 Å². The molecule has 1 aromatic rings. The minimum absolute atomic E-state index is 0.939. The molecule has 1 N–H and O–H groups in total. The summed E-state index contributed by atoms with van der Waals surface area (Å²) in [5.41, 5.74) is 1.03. The summed E-state index contributed by atoms with van der Waals surface area (Å²) in [6.07, 6.45) is 6.11. The number of hydrogen-bond acceptors (Lipinski definition) is 1. The van der Waals surface area contributed by atoms with Crippen LogP contribution in [0.4, 0.5) is 0 Å². The van der Waals surface area contributed by atoms with Crippen LogP contribution in [0.2, 0.25) is 0 Å². The SMILES string of the molecule is O=C(O)/C=C/C=C/c1ccc(Br)cc1. The van der Waals surface area contributed by atoms with Crippen LogP contribution >= 0.6 is 15.9 Å². The Hall–Kier alpha value is -1.35. The Morgan fingerprint density at radius 1 is 1.21 bits per heavy atom. The first-order valence-electron chi connectivity index (χ1n) is 4.02. The minimum Gasteiger partial charge on any atom is -0.478 e. The first kappa shape index (κ1) is 10.7. The topological polar surface area (TPSA) is 37.3 Å². The molecule has 0 aromatic heterocycles. The normalized spacial score (nSPS) is 11.2. The molecule has 0 aliphatic rings. The van der Waals surface area contributed by atoms with E-state index in [1.54, 1.807) is 6.08 Å². The van der Waals surface area contributed by atoms with E-state index in [1.165, 1.54) is 6.08 Å². The molecular weight excluding hydrogens is 244 g/mol. The molecule has 14 heavy (non-hydrogen) atoms. The Balaban J connectivity index is 2.60. The van der Waals surface area contributed by atoms with Gasteiger partial charge in [-0.3, -0.25) is 0 Å². The summed E-state index contributed by atoms with van der Waals surface area (Å²) >= 11 is 3.33. The van der Waals surface area contributed by atoms with Gasteiger partial charge in [0.1, 0.15) is 0 Å². The Morgan fingerprint density at radius 2 is 1.86 bits per heavy atom. The summed E-state index contributed by atoms with van der Waals surface area (Å²) in [6.45, 7) is 0. The van der Waals surface area contributed by atoms with E-state index < -0.39 is 5.97 Å². The molecule has 3 heteroatoms. The van der Waals surface area contributed by atoms with Crippen molar-refractivity contribution < 1.29 is 9.90 Å². The van der Waals surface area contributed by atoms with Crippen LogP contribution in [0.1, 0.15) is 5.56 Å². The van der Waals surface area contributed by atoms with Gasteiger partial charge in [0.15, 0.2) is 0 Å². The third-order valence-electron chi connectivity index (χ3n) is 1.51. The first-order valence-corrected chi connectivity index (χ1v) is 4.81. The van der Waals surface area contributed by atoms with Crippen molar-refractivity contribution in [2.45, 2.75) is 0 Å². The van der Waals surface area contributed by atoms with Crippen LogP contribution in [0.15, 0.2) is 47.0 Å². The van der Waals surface area contributed by atoms with Crippen LogP contribution in [-0.2, 0) is 4.79 Å². The lowest BCUT2D eigenvalue weighted by Crippen LogP contribution is -1.84. The molecule has 0 radical (unpaired) electrons. The molecule has 0 fully saturated rings. The maximum Gasteiger partial charge on any atom is 0.328 e. The molecular formula is C11H9BrO2. The lowest BCUT2D eigenvalue weighted by atomic mass is 10.2. The summed E-state index contributed by atoms with van der Waals surface area (Å²) in [4.78, 5) is 10.1. The van der Waals surface area contributed by atoms with E-state index in [0.29, 0.717) is 0 Å². The number of carboxylic acids is 1. The number of aliphatic carboxylic acids is 1. The van der Waals surface area contributed by atoms with E-state index in [2.05, 4.69) is 15.9 Å². The molecule has 0 unspecified atom stereocenters. The van der Waals surface area contributed by atoms with Gasteiger partial charge in [-0.15, -0.1) is 0 Å². The second-order valence-electron chi connectivity index (χ2n) is 2.61. The quantitative estimate of drug-likeness (QED) is 0.663. The van der Waals surface area contributed by atoms with Crippen LogP contribution in [0.25, 0.3) is 6.08 Å². The van der Waals surface area contributed by atoms with Crippen molar-refractivity contribution in [1.29, 1.82) is 0 Å². The van der Waals surface area contributed by atoms with Crippen molar-refractivity contribution in [3.05, 3.63) is 52.5 Å². The molecule has 1 aromatic carbocycles. The van der Waals surface area contributed by atoms with Crippen LogP contribution in [0, 0.1) is 0 Å². The lowest BCUT2D eigenvalue weighted by molar-refractivity contribution is -0.131. The van der Waals surface area contributed by atoms with E-state index in [1.807, 2.05) is 30.3 Å². The molecule has 0 saturated carbocycles. The summed E-state index contributed by atoms with van der Waals surface area (Å²) in [7, 11) is 0. The number of allylic oxidation sites excluding steroid dienone is 2. The van der Waals surface area contributed by atoms with Gasteiger partial charge < -0.3 is 5.11 Å². The first-order chi connectivity index (χ1) is 6.68. The van der Waals surface area contributed by atoms with Crippen LogP contribution in [0.3, 0.4) is 0 Å². The molecule has 0 aliphatic carbocycles. The van der Waals surface area contributed by atoms with Crippen molar-refractivity contribution in [1.82, 2.24) is 0 Å². The Kier molecular flexibility index (Phi) is 4.13. The van der Waals surface area contributed by atoms with E-state index in [9.17, 15) is 4.79 Å². The number of benzene rings is 1. The highest BCUT2D eigenvalue weighted by molar-refractivity contribution is 9.10. The van der Waals surface area contributed by atoms with E-state index in [0.717, 1.165) is 16.1 Å². The maximum absolute atomic E-state index is 10.1. The fraction of sp³-hybridized carbons (Fsp3) is 0. The second-order valence-corrected chi connectivity index (χ2v) is 3.52. The zero-order chi connectivity index (χ0) is 10.4. The Bertz CT molecular complexity index is 363. The van der Waals surface area contributed by atoms with Gasteiger partial charge in [-0.2, -0.15) is 0 Å². The largest absolute Gasteiger partial charge is 0.478 e. The number of carbonyl (C=O) groups is 1. The predicted molar refractivity (Wildman–Crippen MR) is 60.0 cm³/mol. The van der Waals surface area contributed by atoms with Crippen molar-refractivity contribution >= 4 is 28.0 Å². The van der Waals surface area contributed by atoms with Crippen molar-refractivity contribution in [2.75, 3.05) is 0 Å².